The van der Waals surface area contributed by atoms with Crippen LogP contribution in [0.4, 0.5) is 0 Å². The average Bonchev–Trinajstić information content (AvgIpc) is 2.38. The Balaban J connectivity index is 2.28. The van der Waals surface area contributed by atoms with Crippen molar-refractivity contribution < 1.29 is 4.79 Å². The number of aromatic nitrogens is 1. The van der Waals surface area contributed by atoms with Crippen molar-refractivity contribution in [3.05, 3.63) is 53.4 Å². The molecule has 2 unspecified atom stereocenters. The topological polar surface area (TPSA) is 30.0 Å². The smallest absolute Gasteiger partial charge is 0.130 e. The lowest BCUT2D eigenvalue weighted by molar-refractivity contribution is -0.117. The summed E-state index contributed by atoms with van der Waals surface area (Å²) in [6.07, 6.45) is 11.0. The third kappa shape index (κ3) is 3.24. The number of carbonyl (C=O) groups excluding carboxylic acids is 1. The number of rotatable bonds is 4. The van der Waals surface area contributed by atoms with Crippen molar-refractivity contribution in [3.63, 3.8) is 0 Å². The molecule has 3 atom stereocenters. The predicted molar refractivity (Wildman–Crippen MR) is 82.8 cm³/mol. The monoisotopic (exact) mass is 269 g/mol. The lowest BCUT2D eigenvalue weighted by Gasteiger charge is -2.26. The molecule has 1 aromatic heterocycles. The molecule has 0 saturated carbocycles. The Morgan fingerprint density at radius 1 is 1.40 bits per heavy atom. The standard InChI is InChI=1S/C18H23NO/c1-12-6-5-7-13(2)18(12)17-9-16(10-19-11-17)14(3)8-15(4)20/h5-7,9-12,14,18H,8H2,1-4H3/t12?,14-,18?/m0/s1. The van der Waals surface area contributed by atoms with Gasteiger partial charge in [0.25, 0.3) is 0 Å². The fourth-order valence-electron chi connectivity index (χ4n) is 3.04. The van der Waals surface area contributed by atoms with Crippen LogP contribution in [0, 0.1) is 5.92 Å². The first-order valence-corrected chi connectivity index (χ1v) is 7.28. The van der Waals surface area contributed by atoms with Crippen molar-refractivity contribution in [1.29, 1.82) is 0 Å². The number of hydrogen-bond acceptors (Lipinski definition) is 2. The highest BCUT2D eigenvalue weighted by atomic mass is 16.1. The first-order chi connectivity index (χ1) is 9.49. The molecule has 2 nitrogen and oxygen atoms in total. The Morgan fingerprint density at radius 2 is 2.15 bits per heavy atom. The molecule has 1 aliphatic rings. The summed E-state index contributed by atoms with van der Waals surface area (Å²) in [7, 11) is 0. The summed E-state index contributed by atoms with van der Waals surface area (Å²) >= 11 is 0. The van der Waals surface area contributed by atoms with Crippen LogP contribution in [0.15, 0.2) is 42.3 Å². The van der Waals surface area contributed by atoms with E-state index in [2.05, 4.69) is 50.0 Å². The lowest BCUT2D eigenvalue weighted by atomic mass is 9.79. The zero-order chi connectivity index (χ0) is 14.7. The summed E-state index contributed by atoms with van der Waals surface area (Å²) in [4.78, 5) is 15.7. The Kier molecular flexibility index (Phi) is 4.53. The first kappa shape index (κ1) is 14.7. The van der Waals surface area contributed by atoms with Gasteiger partial charge >= 0.3 is 0 Å². The molecule has 0 aromatic carbocycles. The predicted octanol–water partition coefficient (Wildman–Crippen LogP) is 4.40. The quantitative estimate of drug-likeness (QED) is 0.811. The van der Waals surface area contributed by atoms with E-state index in [1.807, 2.05) is 12.4 Å². The average molecular weight is 269 g/mol. The van der Waals surface area contributed by atoms with Gasteiger partial charge in [0, 0.05) is 24.7 Å². The van der Waals surface area contributed by atoms with Gasteiger partial charge < -0.3 is 4.79 Å². The van der Waals surface area contributed by atoms with Crippen molar-refractivity contribution >= 4 is 5.78 Å². The molecule has 20 heavy (non-hydrogen) atoms. The van der Waals surface area contributed by atoms with Gasteiger partial charge in [-0.2, -0.15) is 0 Å². The summed E-state index contributed by atoms with van der Waals surface area (Å²) in [6.45, 7) is 8.16. The third-order valence-electron chi connectivity index (χ3n) is 4.09. The van der Waals surface area contributed by atoms with E-state index in [4.69, 9.17) is 0 Å². The van der Waals surface area contributed by atoms with E-state index in [0.29, 0.717) is 18.3 Å². The highest BCUT2D eigenvalue weighted by Crippen LogP contribution is 2.36. The molecule has 0 radical (unpaired) electrons. The van der Waals surface area contributed by atoms with Gasteiger partial charge in [-0.15, -0.1) is 0 Å². The van der Waals surface area contributed by atoms with Crippen LogP contribution in [-0.4, -0.2) is 10.8 Å². The van der Waals surface area contributed by atoms with E-state index >= 15 is 0 Å². The van der Waals surface area contributed by atoms with E-state index in [1.165, 1.54) is 11.1 Å². The summed E-state index contributed by atoms with van der Waals surface area (Å²) in [5.74, 6) is 1.35. The maximum Gasteiger partial charge on any atom is 0.130 e. The van der Waals surface area contributed by atoms with Crippen LogP contribution in [0.5, 0.6) is 0 Å². The first-order valence-electron chi connectivity index (χ1n) is 7.28. The number of Topliss-reactive ketones (excluding diaryl/α,β-unsaturated/α-hetero) is 1. The van der Waals surface area contributed by atoms with Crippen LogP contribution in [0.3, 0.4) is 0 Å². The van der Waals surface area contributed by atoms with Crippen LogP contribution in [-0.2, 0) is 4.79 Å². The SMILES string of the molecule is CC(=O)C[C@H](C)c1cncc(C2C(C)=CC=CC2C)c1. The van der Waals surface area contributed by atoms with E-state index in [-0.39, 0.29) is 11.7 Å². The Bertz CT molecular complexity index is 556. The lowest BCUT2D eigenvalue weighted by Crippen LogP contribution is -2.13. The van der Waals surface area contributed by atoms with Crippen LogP contribution < -0.4 is 0 Å². The van der Waals surface area contributed by atoms with Gasteiger partial charge in [-0.05, 0) is 36.8 Å². The molecule has 0 saturated heterocycles. The van der Waals surface area contributed by atoms with Crippen LogP contribution >= 0.6 is 0 Å². The van der Waals surface area contributed by atoms with Crippen LogP contribution in [0.2, 0.25) is 0 Å². The second-order valence-electron chi connectivity index (χ2n) is 5.99. The third-order valence-corrected chi connectivity index (χ3v) is 4.09. The minimum absolute atomic E-state index is 0.230. The van der Waals surface area contributed by atoms with Crippen molar-refractivity contribution in [2.24, 2.45) is 5.92 Å². The number of carbonyl (C=O) groups is 1. The van der Waals surface area contributed by atoms with E-state index in [1.54, 1.807) is 6.92 Å². The maximum atomic E-state index is 11.3. The fraction of sp³-hybridized carbons (Fsp3) is 0.444. The second-order valence-corrected chi connectivity index (χ2v) is 5.99. The molecular weight excluding hydrogens is 246 g/mol. The fourth-order valence-corrected chi connectivity index (χ4v) is 3.04. The van der Waals surface area contributed by atoms with Crippen LogP contribution in [0.1, 0.15) is 57.1 Å². The molecule has 0 N–H and O–H groups in total. The molecule has 0 amide bonds. The highest BCUT2D eigenvalue weighted by molar-refractivity contribution is 5.76. The number of ketones is 1. The van der Waals surface area contributed by atoms with Gasteiger partial charge in [0.1, 0.15) is 5.78 Å². The van der Waals surface area contributed by atoms with Crippen molar-refractivity contribution in [3.8, 4) is 0 Å². The van der Waals surface area contributed by atoms with E-state index < -0.39 is 0 Å². The van der Waals surface area contributed by atoms with E-state index in [9.17, 15) is 4.79 Å². The van der Waals surface area contributed by atoms with Gasteiger partial charge in [0.2, 0.25) is 0 Å². The molecule has 2 heteroatoms. The Hall–Kier alpha value is -1.70. The van der Waals surface area contributed by atoms with Crippen LogP contribution in [0.25, 0.3) is 0 Å². The van der Waals surface area contributed by atoms with Gasteiger partial charge in [0.15, 0.2) is 0 Å². The van der Waals surface area contributed by atoms with Crippen molar-refractivity contribution in [2.75, 3.05) is 0 Å². The van der Waals surface area contributed by atoms with Crippen molar-refractivity contribution in [2.45, 2.75) is 46.0 Å². The summed E-state index contributed by atoms with van der Waals surface area (Å²) in [5, 5.41) is 0. The Labute approximate surface area is 121 Å². The molecule has 2 rings (SSSR count). The summed E-state index contributed by atoms with van der Waals surface area (Å²) in [5.41, 5.74) is 3.79. The maximum absolute atomic E-state index is 11.3. The largest absolute Gasteiger partial charge is 0.300 e. The molecule has 0 spiro atoms. The number of hydrogen-bond donors (Lipinski definition) is 0. The number of pyridine rings is 1. The summed E-state index contributed by atoms with van der Waals surface area (Å²) < 4.78 is 0. The van der Waals surface area contributed by atoms with Gasteiger partial charge in [0.05, 0.1) is 0 Å². The van der Waals surface area contributed by atoms with Gasteiger partial charge in [-0.1, -0.05) is 43.7 Å². The normalized spacial score (nSPS) is 23.3. The molecule has 106 valence electrons. The summed E-state index contributed by atoms with van der Waals surface area (Å²) in [6, 6.07) is 2.22. The Morgan fingerprint density at radius 3 is 2.80 bits per heavy atom. The molecular formula is C18H23NO. The number of allylic oxidation sites excluding steroid dienone is 4. The zero-order valence-corrected chi connectivity index (χ0v) is 12.8. The van der Waals surface area contributed by atoms with Crippen molar-refractivity contribution in [1.82, 2.24) is 4.98 Å². The minimum atomic E-state index is 0.230. The molecule has 0 bridgehead atoms. The zero-order valence-electron chi connectivity index (χ0n) is 12.8. The highest BCUT2D eigenvalue weighted by Gasteiger charge is 2.22. The number of nitrogens with zero attached hydrogens (tertiary/aromatic N) is 1. The molecule has 1 aliphatic carbocycles. The van der Waals surface area contributed by atoms with Gasteiger partial charge in [-0.3, -0.25) is 4.98 Å². The molecule has 1 heterocycles. The second kappa shape index (κ2) is 6.17. The molecule has 0 fully saturated rings. The van der Waals surface area contributed by atoms with E-state index in [0.717, 1.165) is 5.56 Å². The molecule has 1 aromatic rings. The molecule has 0 aliphatic heterocycles. The minimum Gasteiger partial charge on any atom is -0.300 e. The van der Waals surface area contributed by atoms with Gasteiger partial charge in [-0.25, -0.2) is 0 Å².